The molecule has 2 N–H and O–H groups in total. The van der Waals surface area contributed by atoms with E-state index in [0.29, 0.717) is 12.3 Å². The van der Waals surface area contributed by atoms with Gasteiger partial charge in [0.1, 0.15) is 0 Å². The average Bonchev–Trinajstić information content (AvgIpc) is 1.99. The maximum atomic E-state index is 10.2. The Kier molecular flexibility index (Phi) is 4.86. The topological polar surface area (TPSA) is 57.5 Å². The second-order valence-corrected chi connectivity index (χ2v) is 2.94. The highest BCUT2D eigenvalue weighted by Crippen LogP contribution is 2.10. The summed E-state index contributed by atoms with van der Waals surface area (Å²) in [7, 11) is 0. The zero-order valence-electron chi connectivity index (χ0n) is 7.08. The molecule has 0 aromatic carbocycles. The third-order valence-electron chi connectivity index (χ3n) is 1.91. The van der Waals surface area contributed by atoms with Gasteiger partial charge in [-0.15, -0.1) is 0 Å². The monoisotopic (exact) mass is 160 g/mol. The largest absolute Gasteiger partial charge is 0.479 e. The first-order valence-corrected chi connectivity index (χ1v) is 3.98. The predicted octanol–water partition coefficient (Wildman–Crippen LogP) is 1.26. The molecule has 0 bridgehead atoms. The summed E-state index contributed by atoms with van der Waals surface area (Å²) >= 11 is 0. The Bertz CT molecular complexity index is 123. The molecule has 0 spiro atoms. The Hall–Kier alpha value is -0.570. The summed E-state index contributed by atoms with van der Waals surface area (Å²) in [5.74, 6) is -0.614. The molecular weight excluding hydrogens is 144 g/mol. The van der Waals surface area contributed by atoms with E-state index in [4.69, 9.17) is 10.2 Å². The number of hydrogen-bond donors (Lipinski definition) is 2. The second kappa shape index (κ2) is 5.13. The molecule has 0 fully saturated rings. The molecule has 0 radical (unpaired) electrons. The minimum Gasteiger partial charge on any atom is -0.479 e. The quantitative estimate of drug-likeness (QED) is 0.636. The van der Waals surface area contributed by atoms with E-state index < -0.39 is 12.1 Å². The van der Waals surface area contributed by atoms with Gasteiger partial charge in [0.2, 0.25) is 0 Å². The molecule has 2 atom stereocenters. The Morgan fingerprint density at radius 1 is 1.45 bits per heavy atom. The Balaban J connectivity index is 3.45. The zero-order valence-corrected chi connectivity index (χ0v) is 7.08. The van der Waals surface area contributed by atoms with Crippen LogP contribution in [0.5, 0.6) is 0 Å². The van der Waals surface area contributed by atoms with Crippen molar-refractivity contribution in [3.63, 3.8) is 0 Å². The standard InChI is InChI=1S/C8H16O3/c1-3-6(2)4-5-7(9)8(10)11/h6-7,9H,3-5H2,1-2H3,(H,10,11)/t6?,7-/m0/s1. The minimum atomic E-state index is -1.18. The molecule has 0 saturated carbocycles. The number of carboxylic acid groups (broad SMARTS) is 1. The first kappa shape index (κ1) is 10.4. The normalized spacial score (nSPS) is 15.9. The number of aliphatic hydroxyl groups is 1. The second-order valence-electron chi connectivity index (χ2n) is 2.94. The molecule has 3 heteroatoms. The van der Waals surface area contributed by atoms with Gasteiger partial charge in [0.15, 0.2) is 6.10 Å². The molecule has 66 valence electrons. The summed E-state index contributed by atoms with van der Waals surface area (Å²) in [5, 5.41) is 17.2. The molecule has 1 unspecified atom stereocenters. The van der Waals surface area contributed by atoms with Gasteiger partial charge >= 0.3 is 5.97 Å². The van der Waals surface area contributed by atoms with Gasteiger partial charge in [-0.3, -0.25) is 0 Å². The maximum absolute atomic E-state index is 10.2. The van der Waals surface area contributed by atoms with Gasteiger partial charge < -0.3 is 10.2 Å². The van der Waals surface area contributed by atoms with Gasteiger partial charge in [-0.05, 0) is 18.8 Å². The lowest BCUT2D eigenvalue weighted by Gasteiger charge is -2.09. The van der Waals surface area contributed by atoms with Crippen molar-refractivity contribution in [1.82, 2.24) is 0 Å². The molecule has 0 amide bonds. The van der Waals surface area contributed by atoms with Crippen molar-refractivity contribution < 1.29 is 15.0 Å². The van der Waals surface area contributed by atoms with Crippen molar-refractivity contribution in [3.05, 3.63) is 0 Å². The van der Waals surface area contributed by atoms with E-state index in [2.05, 4.69) is 13.8 Å². The molecule has 0 aliphatic rings. The van der Waals surface area contributed by atoms with E-state index in [-0.39, 0.29) is 0 Å². The van der Waals surface area contributed by atoms with Gasteiger partial charge in [0.05, 0.1) is 0 Å². The molecule has 0 rings (SSSR count). The average molecular weight is 160 g/mol. The Morgan fingerprint density at radius 3 is 2.36 bits per heavy atom. The predicted molar refractivity (Wildman–Crippen MR) is 42.3 cm³/mol. The van der Waals surface area contributed by atoms with Crippen LogP contribution < -0.4 is 0 Å². The van der Waals surface area contributed by atoms with Crippen molar-refractivity contribution in [2.45, 2.75) is 39.2 Å². The number of rotatable bonds is 5. The fourth-order valence-electron chi connectivity index (χ4n) is 0.770. The van der Waals surface area contributed by atoms with E-state index in [9.17, 15) is 4.79 Å². The van der Waals surface area contributed by atoms with Crippen LogP contribution in [-0.4, -0.2) is 22.3 Å². The van der Waals surface area contributed by atoms with Gasteiger partial charge in [0, 0.05) is 0 Å². The van der Waals surface area contributed by atoms with E-state index >= 15 is 0 Å². The van der Waals surface area contributed by atoms with Crippen LogP contribution in [-0.2, 0) is 4.79 Å². The van der Waals surface area contributed by atoms with Crippen LogP contribution in [0.4, 0.5) is 0 Å². The smallest absolute Gasteiger partial charge is 0.332 e. The first-order valence-electron chi connectivity index (χ1n) is 3.98. The number of carboxylic acids is 1. The lowest BCUT2D eigenvalue weighted by Crippen LogP contribution is -2.19. The van der Waals surface area contributed by atoms with Crippen LogP contribution in [0.15, 0.2) is 0 Å². The van der Waals surface area contributed by atoms with Crippen LogP contribution in [0.1, 0.15) is 33.1 Å². The number of carbonyl (C=O) groups is 1. The first-order chi connectivity index (χ1) is 5.07. The van der Waals surface area contributed by atoms with Gasteiger partial charge in [0.25, 0.3) is 0 Å². The molecule has 0 saturated heterocycles. The van der Waals surface area contributed by atoms with E-state index in [1.165, 1.54) is 0 Å². The zero-order chi connectivity index (χ0) is 8.85. The van der Waals surface area contributed by atoms with E-state index in [1.54, 1.807) is 0 Å². The minimum absolute atomic E-state index is 0.365. The van der Waals surface area contributed by atoms with Gasteiger partial charge in [-0.25, -0.2) is 4.79 Å². The summed E-state index contributed by atoms with van der Waals surface area (Å²) in [6.45, 7) is 4.10. The van der Waals surface area contributed by atoms with E-state index in [1.807, 2.05) is 0 Å². The van der Waals surface area contributed by atoms with E-state index in [0.717, 1.165) is 12.8 Å². The Labute approximate surface area is 67.0 Å². The van der Waals surface area contributed by atoms with Crippen LogP contribution >= 0.6 is 0 Å². The van der Waals surface area contributed by atoms with Crippen molar-refractivity contribution in [3.8, 4) is 0 Å². The Morgan fingerprint density at radius 2 is 2.00 bits per heavy atom. The third-order valence-corrected chi connectivity index (χ3v) is 1.91. The lowest BCUT2D eigenvalue weighted by atomic mass is 10.0. The highest BCUT2D eigenvalue weighted by molar-refractivity contribution is 5.71. The number of hydrogen-bond acceptors (Lipinski definition) is 2. The van der Waals surface area contributed by atoms with Crippen LogP contribution in [0.2, 0.25) is 0 Å². The number of aliphatic hydroxyl groups excluding tert-OH is 1. The summed E-state index contributed by atoms with van der Waals surface area (Å²) in [6.07, 6.45) is 1.00. The molecular formula is C8H16O3. The summed E-state index contributed by atoms with van der Waals surface area (Å²) in [4.78, 5) is 10.2. The molecule has 0 aliphatic carbocycles. The lowest BCUT2D eigenvalue weighted by molar-refractivity contribution is -0.147. The summed E-state index contributed by atoms with van der Waals surface area (Å²) in [5.41, 5.74) is 0. The van der Waals surface area contributed by atoms with Gasteiger partial charge in [-0.2, -0.15) is 0 Å². The van der Waals surface area contributed by atoms with Crippen LogP contribution in [0.3, 0.4) is 0 Å². The molecule has 0 heterocycles. The molecule has 0 aromatic rings. The highest BCUT2D eigenvalue weighted by atomic mass is 16.4. The summed E-state index contributed by atoms with van der Waals surface area (Å²) < 4.78 is 0. The fraction of sp³-hybridized carbons (Fsp3) is 0.875. The molecule has 11 heavy (non-hydrogen) atoms. The molecule has 0 aliphatic heterocycles. The maximum Gasteiger partial charge on any atom is 0.332 e. The van der Waals surface area contributed by atoms with Crippen molar-refractivity contribution in [2.75, 3.05) is 0 Å². The van der Waals surface area contributed by atoms with Gasteiger partial charge in [-0.1, -0.05) is 20.3 Å². The molecule has 3 nitrogen and oxygen atoms in total. The van der Waals surface area contributed by atoms with Crippen molar-refractivity contribution >= 4 is 5.97 Å². The fourth-order valence-corrected chi connectivity index (χ4v) is 0.770. The van der Waals surface area contributed by atoms with Crippen LogP contribution in [0.25, 0.3) is 0 Å². The summed E-state index contributed by atoms with van der Waals surface area (Å²) in [6, 6.07) is 0. The third kappa shape index (κ3) is 4.79. The highest BCUT2D eigenvalue weighted by Gasteiger charge is 2.13. The van der Waals surface area contributed by atoms with Crippen molar-refractivity contribution in [2.24, 2.45) is 5.92 Å². The van der Waals surface area contributed by atoms with Crippen molar-refractivity contribution in [1.29, 1.82) is 0 Å². The SMILES string of the molecule is CCC(C)CC[C@H](O)C(=O)O. The molecule has 0 aromatic heterocycles. The van der Waals surface area contributed by atoms with Crippen LogP contribution in [0, 0.1) is 5.92 Å². The number of aliphatic carboxylic acids is 1.